The third-order valence-corrected chi connectivity index (χ3v) is 2.20. The largest absolute Gasteiger partial charge is 0.494 e. The Morgan fingerprint density at radius 2 is 1.93 bits per heavy atom. The fourth-order valence-corrected chi connectivity index (χ4v) is 1.48. The predicted octanol–water partition coefficient (Wildman–Crippen LogP) is 2.90. The van der Waals surface area contributed by atoms with Crippen LogP contribution in [0.25, 0.3) is 0 Å². The third-order valence-electron chi connectivity index (χ3n) is 2.20. The molecule has 0 unspecified atom stereocenters. The monoisotopic (exact) mass is 192 g/mol. The molecule has 0 atom stereocenters. The molecular weight excluding hydrogens is 176 g/mol. The van der Waals surface area contributed by atoms with Crippen LogP contribution in [0.1, 0.15) is 35.3 Å². The highest BCUT2D eigenvalue weighted by Crippen LogP contribution is 2.23. The van der Waals surface area contributed by atoms with Crippen LogP contribution < -0.4 is 4.74 Å². The molecule has 0 aliphatic rings. The number of carbonyl (C=O) groups excluding carboxylic acids is 1. The normalized spacial score (nSPS) is 10.0. The van der Waals surface area contributed by atoms with E-state index in [4.69, 9.17) is 4.74 Å². The van der Waals surface area contributed by atoms with Gasteiger partial charge in [-0.05, 0) is 51.0 Å². The second-order valence-corrected chi connectivity index (χ2v) is 3.42. The molecule has 2 heteroatoms. The van der Waals surface area contributed by atoms with Crippen LogP contribution in [0.15, 0.2) is 12.1 Å². The summed E-state index contributed by atoms with van der Waals surface area (Å²) in [5.41, 5.74) is 2.78. The molecule has 0 saturated heterocycles. The van der Waals surface area contributed by atoms with E-state index in [1.165, 1.54) is 0 Å². The average molecular weight is 192 g/mol. The van der Waals surface area contributed by atoms with Crippen LogP contribution in [-0.4, -0.2) is 12.4 Å². The fraction of sp³-hybridized carbons (Fsp3) is 0.417. The predicted molar refractivity (Wildman–Crippen MR) is 57.1 cm³/mol. The minimum atomic E-state index is 0.105. The Morgan fingerprint density at radius 1 is 1.29 bits per heavy atom. The van der Waals surface area contributed by atoms with Gasteiger partial charge in [0.2, 0.25) is 0 Å². The van der Waals surface area contributed by atoms with Gasteiger partial charge in [-0.3, -0.25) is 4.79 Å². The number of ether oxygens (including phenoxy) is 1. The first-order valence-corrected chi connectivity index (χ1v) is 4.81. The Hall–Kier alpha value is -1.31. The zero-order valence-electron chi connectivity index (χ0n) is 9.18. The van der Waals surface area contributed by atoms with Crippen LogP contribution in [0.4, 0.5) is 0 Å². The molecule has 1 aromatic rings. The number of carbonyl (C=O) groups is 1. The highest BCUT2D eigenvalue weighted by Gasteiger charge is 2.08. The molecule has 0 saturated carbocycles. The second-order valence-electron chi connectivity index (χ2n) is 3.42. The number of hydrogen-bond acceptors (Lipinski definition) is 2. The number of Topliss-reactive ketones (excluding diaryl/α,β-unsaturated/α-hetero) is 1. The fourth-order valence-electron chi connectivity index (χ4n) is 1.48. The second kappa shape index (κ2) is 4.27. The summed E-state index contributed by atoms with van der Waals surface area (Å²) in [6.45, 7) is 8.07. The Morgan fingerprint density at radius 3 is 2.43 bits per heavy atom. The summed E-state index contributed by atoms with van der Waals surface area (Å²) in [4.78, 5) is 11.2. The summed E-state index contributed by atoms with van der Waals surface area (Å²) < 4.78 is 5.44. The first-order chi connectivity index (χ1) is 6.56. The topological polar surface area (TPSA) is 26.3 Å². The lowest BCUT2D eigenvalue weighted by atomic mass is 10.0. The Balaban J connectivity index is 3.17. The van der Waals surface area contributed by atoms with E-state index in [0.717, 1.165) is 22.4 Å². The molecule has 0 spiro atoms. The van der Waals surface area contributed by atoms with Crippen molar-refractivity contribution in [2.75, 3.05) is 6.61 Å². The minimum absolute atomic E-state index is 0.105. The van der Waals surface area contributed by atoms with Crippen LogP contribution in [-0.2, 0) is 0 Å². The van der Waals surface area contributed by atoms with Crippen molar-refractivity contribution in [1.82, 2.24) is 0 Å². The number of rotatable bonds is 3. The van der Waals surface area contributed by atoms with E-state index in [1.807, 2.05) is 32.9 Å². The van der Waals surface area contributed by atoms with Gasteiger partial charge in [0.1, 0.15) is 5.75 Å². The lowest BCUT2D eigenvalue weighted by Crippen LogP contribution is -2.00. The van der Waals surface area contributed by atoms with Gasteiger partial charge < -0.3 is 4.74 Å². The molecular formula is C12H16O2. The molecule has 0 aliphatic carbocycles. The van der Waals surface area contributed by atoms with Gasteiger partial charge >= 0.3 is 0 Å². The molecule has 0 radical (unpaired) electrons. The SMILES string of the molecule is CCOc1cc(C)c(C(C)=O)cc1C. The van der Waals surface area contributed by atoms with Gasteiger partial charge in [0.25, 0.3) is 0 Å². The standard InChI is InChI=1S/C12H16O2/c1-5-14-12-7-8(2)11(10(4)13)6-9(12)3/h6-7H,5H2,1-4H3. The van der Waals surface area contributed by atoms with Gasteiger partial charge in [0.05, 0.1) is 6.61 Å². The molecule has 0 aliphatic heterocycles. The molecule has 0 amide bonds. The van der Waals surface area contributed by atoms with Gasteiger partial charge in [0, 0.05) is 5.56 Å². The zero-order valence-corrected chi connectivity index (χ0v) is 9.18. The van der Waals surface area contributed by atoms with Crippen LogP contribution in [0.5, 0.6) is 5.75 Å². The van der Waals surface area contributed by atoms with E-state index in [1.54, 1.807) is 6.92 Å². The highest BCUT2D eigenvalue weighted by atomic mass is 16.5. The summed E-state index contributed by atoms with van der Waals surface area (Å²) in [5.74, 6) is 0.976. The van der Waals surface area contributed by atoms with Crippen molar-refractivity contribution in [1.29, 1.82) is 0 Å². The number of hydrogen-bond donors (Lipinski definition) is 0. The van der Waals surface area contributed by atoms with Crippen LogP contribution in [0.2, 0.25) is 0 Å². The molecule has 0 heterocycles. The van der Waals surface area contributed by atoms with Gasteiger partial charge in [-0.25, -0.2) is 0 Å². The molecule has 0 aromatic heterocycles. The van der Waals surface area contributed by atoms with Crippen LogP contribution in [0.3, 0.4) is 0 Å². The maximum Gasteiger partial charge on any atom is 0.160 e. The molecule has 0 fully saturated rings. The van der Waals surface area contributed by atoms with Gasteiger partial charge in [0.15, 0.2) is 5.78 Å². The van der Waals surface area contributed by atoms with Crippen molar-refractivity contribution >= 4 is 5.78 Å². The lowest BCUT2D eigenvalue weighted by molar-refractivity contribution is 0.101. The highest BCUT2D eigenvalue weighted by molar-refractivity contribution is 5.95. The van der Waals surface area contributed by atoms with Gasteiger partial charge in [-0.15, -0.1) is 0 Å². The molecule has 1 aromatic carbocycles. The Bertz CT molecular complexity index is 354. The smallest absolute Gasteiger partial charge is 0.160 e. The summed E-state index contributed by atoms with van der Waals surface area (Å²) in [6.07, 6.45) is 0. The molecule has 0 N–H and O–H groups in total. The minimum Gasteiger partial charge on any atom is -0.494 e. The van der Waals surface area contributed by atoms with Crippen molar-refractivity contribution in [3.63, 3.8) is 0 Å². The third kappa shape index (κ3) is 2.13. The molecule has 2 nitrogen and oxygen atoms in total. The molecule has 1 rings (SSSR count). The first kappa shape index (κ1) is 10.8. The van der Waals surface area contributed by atoms with Crippen molar-refractivity contribution in [3.8, 4) is 5.75 Å². The van der Waals surface area contributed by atoms with E-state index < -0.39 is 0 Å². The van der Waals surface area contributed by atoms with Crippen LogP contribution in [0, 0.1) is 13.8 Å². The Labute approximate surface area is 84.9 Å². The van der Waals surface area contributed by atoms with Crippen LogP contribution >= 0.6 is 0 Å². The van der Waals surface area contributed by atoms with Crippen molar-refractivity contribution in [3.05, 3.63) is 28.8 Å². The maximum atomic E-state index is 11.2. The first-order valence-electron chi connectivity index (χ1n) is 4.81. The van der Waals surface area contributed by atoms with Crippen molar-refractivity contribution < 1.29 is 9.53 Å². The maximum absolute atomic E-state index is 11.2. The van der Waals surface area contributed by atoms with E-state index in [2.05, 4.69) is 0 Å². The zero-order chi connectivity index (χ0) is 10.7. The number of ketones is 1. The molecule has 14 heavy (non-hydrogen) atoms. The summed E-state index contributed by atoms with van der Waals surface area (Å²) in [5, 5.41) is 0. The van der Waals surface area contributed by atoms with Gasteiger partial charge in [-0.1, -0.05) is 0 Å². The van der Waals surface area contributed by atoms with Crippen molar-refractivity contribution in [2.45, 2.75) is 27.7 Å². The molecule has 76 valence electrons. The summed E-state index contributed by atoms with van der Waals surface area (Å²) >= 11 is 0. The molecule has 0 bridgehead atoms. The summed E-state index contributed by atoms with van der Waals surface area (Å²) in [6, 6.07) is 3.82. The van der Waals surface area contributed by atoms with E-state index >= 15 is 0 Å². The quantitative estimate of drug-likeness (QED) is 0.688. The summed E-state index contributed by atoms with van der Waals surface area (Å²) in [7, 11) is 0. The van der Waals surface area contributed by atoms with E-state index in [0.29, 0.717) is 6.61 Å². The van der Waals surface area contributed by atoms with Crippen molar-refractivity contribution in [2.24, 2.45) is 0 Å². The van der Waals surface area contributed by atoms with E-state index in [-0.39, 0.29) is 5.78 Å². The van der Waals surface area contributed by atoms with E-state index in [9.17, 15) is 4.79 Å². The number of benzene rings is 1. The van der Waals surface area contributed by atoms with Gasteiger partial charge in [-0.2, -0.15) is 0 Å². The average Bonchev–Trinajstić information content (AvgIpc) is 2.10. The Kier molecular flexibility index (Phi) is 3.28. The lowest BCUT2D eigenvalue weighted by Gasteiger charge is -2.10. The number of aryl methyl sites for hydroxylation is 2.